The van der Waals surface area contributed by atoms with Crippen LogP contribution in [0.2, 0.25) is 0 Å². The number of halogens is 1. The van der Waals surface area contributed by atoms with Gasteiger partial charge in [0.05, 0.1) is 18.2 Å². The molecule has 4 heteroatoms. The molecule has 0 amide bonds. The van der Waals surface area contributed by atoms with E-state index in [1.54, 1.807) is 42.5 Å². The van der Waals surface area contributed by atoms with Crippen molar-refractivity contribution in [1.82, 2.24) is 0 Å². The summed E-state index contributed by atoms with van der Waals surface area (Å²) in [6.45, 7) is -0.0619. The summed E-state index contributed by atoms with van der Waals surface area (Å²) in [4.78, 5) is 0. The van der Waals surface area contributed by atoms with Gasteiger partial charge in [-0.3, -0.25) is 0 Å². The average Bonchev–Trinajstić information content (AvgIpc) is 2.46. The lowest BCUT2D eigenvalue weighted by atomic mass is 10.1. The maximum absolute atomic E-state index is 13.4. The first kappa shape index (κ1) is 13.2. The standard InChI is InChI=1S/C15H12FNO2/c16-14-8-4-2-6-12(14)10-19-15(18)13-7-3-1-5-11(13)9-17/h1-8,15,18H,10H2. The molecular weight excluding hydrogens is 245 g/mol. The van der Waals surface area contributed by atoms with E-state index in [0.29, 0.717) is 16.7 Å². The quantitative estimate of drug-likeness (QED) is 0.857. The molecule has 0 heterocycles. The highest BCUT2D eigenvalue weighted by atomic mass is 19.1. The molecular formula is C15H12FNO2. The third-order valence-corrected chi connectivity index (χ3v) is 2.70. The van der Waals surface area contributed by atoms with Crippen LogP contribution in [0.5, 0.6) is 0 Å². The van der Waals surface area contributed by atoms with Crippen molar-refractivity contribution in [3.05, 3.63) is 71.0 Å². The second-order valence-corrected chi connectivity index (χ2v) is 3.95. The second-order valence-electron chi connectivity index (χ2n) is 3.95. The van der Waals surface area contributed by atoms with Crippen LogP contribution in [0.4, 0.5) is 4.39 Å². The first-order chi connectivity index (χ1) is 9.22. The Balaban J connectivity index is 2.08. The number of nitriles is 1. The Hall–Kier alpha value is -2.22. The van der Waals surface area contributed by atoms with Gasteiger partial charge < -0.3 is 9.84 Å². The molecule has 0 saturated carbocycles. The summed E-state index contributed by atoms with van der Waals surface area (Å²) in [5, 5.41) is 18.8. The molecule has 0 spiro atoms. The summed E-state index contributed by atoms with van der Waals surface area (Å²) in [6.07, 6.45) is -1.25. The largest absolute Gasteiger partial charge is 0.364 e. The topological polar surface area (TPSA) is 53.2 Å². The summed E-state index contributed by atoms with van der Waals surface area (Å²) in [6, 6.07) is 14.7. The predicted molar refractivity (Wildman–Crippen MR) is 67.3 cm³/mol. The molecule has 0 fully saturated rings. The van der Waals surface area contributed by atoms with Crippen molar-refractivity contribution < 1.29 is 14.2 Å². The van der Waals surface area contributed by atoms with Crippen molar-refractivity contribution in [2.45, 2.75) is 12.9 Å². The molecule has 0 aromatic heterocycles. The SMILES string of the molecule is N#Cc1ccccc1C(O)OCc1ccccc1F. The zero-order valence-corrected chi connectivity index (χ0v) is 10.1. The van der Waals surface area contributed by atoms with Gasteiger partial charge in [-0.25, -0.2) is 4.39 Å². The molecule has 2 aromatic rings. The van der Waals surface area contributed by atoms with Gasteiger partial charge in [0.15, 0.2) is 6.29 Å². The molecule has 1 N–H and O–H groups in total. The Kier molecular flexibility index (Phi) is 4.24. The van der Waals surface area contributed by atoms with E-state index < -0.39 is 6.29 Å². The lowest BCUT2D eigenvalue weighted by molar-refractivity contribution is -0.112. The number of nitrogens with zero attached hydrogens (tertiary/aromatic N) is 1. The van der Waals surface area contributed by atoms with E-state index >= 15 is 0 Å². The van der Waals surface area contributed by atoms with Crippen LogP contribution < -0.4 is 0 Å². The van der Waals surface area contributed by atoms with E-state index in [1.165, 1.54) is 6.07 Å². The van der Waals surface area contributed by atoms with Crippen molar-refractivity contribution in [3.63, 3.8) is 0 Å². The molecule has 1 unspecified atom stereocenters. The van der Waals surface area contributed by atoms with Crippen molar-refractivity contribution in [2.24, 2.45) is 0 Å². The molecule has 0 aliphatic rings. The van der Waals surface area contributed by atoms with Crippen LogP contribution in [0.25, 0.3) is 0 Å². The predicted octanol–water partition coefficient (Wildman–Crippen LogP) is 2.91. The summed E-state index contributed by atoms with van der Waals surface area (Å²) in [5.74, 6) is -0.386. The summed E-state index contributed by atoms with van der Waals surface area (Å²) in [5.41, 5.74) is 1.07. The third-order valence-electron chi connectivity index (χ3n) is 2.70. The van der Waals surface area contributed by atoms with Gasteiger partial charge >= 0.3 is 0 Å². The number of hydrogen-bond donors (Lipinski definition) is 1. The number of aliphatic hydroxyl groups excluding tert-OH is 1. The lowest BCUT2D eigenvalue weighted by Gasteiger charge is -2.13. The maximum atomic E-state index is 13.4. The molecule has 96 valence electrons. The van der Waals surface area contributed by atoms with Crippen LogP contribution in [0.1, 0.15) is 23.0 Å². The molecule has 2 aromatic carbocycles. The molecule has 3 nitrogen and oxygen atoms in total. The lowest BCUT2D eigenvalue weighted by Crippen LogP contribution is -2.06. The Bertz CT molecular complexity index is 607. The van der Waals surface area contributed by atoms with Gasteiger partial charge in [0.2, 0.25) is 0 Å². The number of benzene rings is 2. The molecule has 0 aliphatic heterocycles. The number of rotatable bonds is 4. The zero-order valence-electron chi connectivity index (χ0n) is 10.1. The van der Waals surface area contributed by atoms with E-state index in [2.05, 4.69) is 0 Å². The second kappa shape index (κ2) is 6.10. The Morgan fingerprint density at radius 3 is 2.58 bits per heavy atom. The maximum Gasteiger partial charge on any atom is 0.182 e. The minimum atomic E-state index is -1.25. The van der Waals surface area contributed by atoms with Crippen LogP contribution in [-0.2, 0) is 11.3 Å². The van der Waals surface area contributed by atoms with Gasteiger partial charge in [0.25, 0.3) is 0 Å². The molecule has 1 atom stereocenters. The molecule has 19 heavy (non-hydrogen) atoms. The van der Waals surface area contributed by atoms with E-state index in [9.17, 15) is 9.50 Å². The van der Waals surface area contributed by atoms with Crippen molar-refractivity contribution in [2.75, 3.05) is 0 Å². The highest BCUT2D eigenvalue weighted by Crippen LogP contribution is 2.20. The van der Waals surface area contributed by atoms with E-state index in [1.807, 2.05) is 6.07 Å². The molecule has 2 rings (SSSR count). The van der Waals surface area contributed by atoms with Crippen LogP contribution in [0.3, 0.4) is 0 Å². The Labute approximate surface area is 110 Å². The first-order valence-corrected chi connectivity index (χ1v) is 5.74. The highest BCUT2D eigenvalue weighted by molar-refractivity contribution is 5.37. The van der Waals surface area contributed by atoms with Crippen LogP contribution in [0.15, 0.2) is 48.5 Å². The monoisotopic (exact) mass is 257 g/mol. The number of hydrogen-bond acceptors (Lipinski definition) is 3. The van der Waals surface area contributed by atoms with Crippen molar-refractivity contribution in [1.29, 1.82) is 5.26 Å². The van der Waals surface area contributed by atoms with Crippen molar-refractivity contribution >= 4 is 0 Å². The fourth-order valence-corrected chi connectivity index (χ4v) is 1.69. The summed E-state index contributed by atoms with van der Waals surface area (Å²) < 4.78 is 18.6. The molecule has 0 radical (unpaired) electrons. The van der Waals surface area contributed by atoms with Crippen molar-refractivity contribution in [3.8, 4) is 6.07 Å². The van der Waals surface area contributed by atoms with Gasteiger partial charge in [-0.05, 0) is 12.1 Å². The first-order valence-electron chi connectivity index (χ1n) is 5.74. The van der Waals surface area contributed by atoms with E-state index in [-0.39, 0.29) is 12.4 Å². The van der Waals surface area contributed by atoms with Gasteiger partial charge in [-0.15, -0.1) is 0 Å². The van der Waals surface area contributed by atoms with E-state index in [0.717, 1.165) is 0 Å². The summed E-state index contributed by atoms with van der Waals surface area (Å²) in [7, 11) is 0. The van der Waals surface area contributed by atoms with Gasteiger partial charge in [-0.2, -0.15) is 5.26 Å². The fraction of sp³-hybridized carbons (Fsp3) is 0.133. The third kappa shape index (κ3) is 3.16. The Morgan fingerprint density at radius 2 is 1.84 bits per heavy atom. The number of ether oxygens (including phenoxy) is 1. The molecule has 0 aliphatic carbocycles. The average molecular weight is 257 g/mol. The van der Waals surface area contributed by atoms with Gasteiger partial charge in [-0.1, -0.05) is 36.4 Å². The van der Waals surface area contributed by atoms with Crippen LogP contribution in [0, 0.1) is 17.1 Å². The number of aliphatic hydroxyl groups is 1. The smallest absolute Gasteiger partial charge is 0.182 e. The molecule has 0 bridgehead atoms. The highest BCUT2D eigenvalue weighted by Gasteiger charge is 2.13. The normalized spacial score (nSPS) is 11.8. The zero-order chi connectivity index (χ0) is 13.7. The van der Waals surface area contributed by atoms with Gasteiger partial charge in [0.1, 0.15) is 5.82 Å². The van der Waals surface area contributed by atoms with Crippen LogP contribution in [-0.4, -0.2) is 5.11 Å². The molecule has 0 saturated heterocycles. The van der Waals surface area contributed by atoms with Gasteiger partial charge in [0, 0.05) is 11.1 Å². The van der Waals surface area contributed by atoms with Crippen LogP contribution >= 0.6 is 0 Å². The minimum Gasteiger partial charge on any atom is -0.364 e. The fourth-order valence-electron chi connectivity index (χ4n) is 1.69. The van der Waals surface area contributed by atoms with E-state index in [4.69, 9.17) is 10.00 Å². The summed E-state index contributed by atoms with van der Waals surface area (Å²) >= 11 is 0. The minimum absolute atomic E-state index is 0.0619. The Morgan fingerprint density at radius 1 is 1.16 bits per heavy atom.